The molecule has 7 aliphatic rings. The van der Waals surface area contributed by atoms with E-state index in [0.717, 1.165) is 160 Å². The molecule has 20 heteroatoms. The predicted molar refractivity (Wildman–Crippen MR) is 339 cm³/mol. The number of rotatable bonds is 24. The van der Waals surface area contributed by atoms with Crippen LogP contribution >= 0.6 is 0 Å². The minimum atomic E-state index is -1.02. The van der Waals surface area contributed by atoms with Crippen molar-refractivity contribution in [2.45, 2.75) is 267 Å². The fraction of sp³-hybridized carbons (Fsp3) is 0.771. The van der Waals surface area contributed by atoms with E-state index < -0.39 is 29.4 Å². The van der Waals surface area contributed by atoms with Crippen LogP contribution in [-0.4, -0.2) is 141 Å². The van der Waals surface area contributed by atoms with E-state index in [1.165, 1.54) is 28.4 Å². The third-order valence-corrected chi connectivity index (χ3v) is 19.7. The predicted octanol–water partition coefficient (Wildman–Crippen LogP) is 10.3. The molecule has 508 valence electrons. The minimum absolute atomic E-state index is 0.0489. The molecule has 8 rings (SSSR count). The van der Waals surface area contributed by atoms with E-state index in [0.29, 0.717) is 57.8 Å². The number of benzene rings is 1. The second-order valence-electron chi connectivity index (χ2n) is 26.2. The van der Waals surface area contributed by atoms with Crippen LogP contribution in [0.25, 0.3) is 0 Å². The summed E-state index contributed by atoms with van der Waals surface area (Å²) >= 11 is 0. The van der Waals surface area contributed by atoms with Crippen LogP contribution in [0.2, 0.25) is 0 Å². The SMILES string of the molecule is C=CCC1(O)CC[C@@H](C(=O)OCc2ccccc2)[C@@H](C(=O)OC)C1.CCCCCC(=O)N[C@@H]1CCC2(CCCCO2)C[C@@H]1C(=O)OC.CCCCCC(=O)N[C@@H]1CCC2(CCCO2)C[C@@H]1C(=O)OC.CCCCCC(=O)N[C@@H]1CCC2(CCO2)C[C@@H]1C(=O)OC. The maximum absolute atomic E-state index is 12.4. The van der Waals surface area contributed by atoms with E-state index in [4.69, 9.17) is 37.9 Å². The van der Waals surface area contributed by atoms with Gasteiger partial charge in [0.15, 0.2) is 0 Å². The van der Waals surface area contributed by atoms with Crippen molar-refractivity contribution in [2.24, 2.45) is 29.6 Å². The first-order valence-corrected chi connectivity index (χ1v) is 33.9. The number of aliphatic hydroxyl groups is 1. The maximum atomic E-state index is 12.4. The molecule has 20 nitrogen and oxygen atoms in total. The number of ether oxygens (including phenoxy) is 8. The van der Waals surface area contributed by atoms with E-state index in [9.17, 15) is 43.5 Å². The lowest BCUT2D eigenvalue weighted by atomic mass is 9.70. The van der Waals surface area contributed by atoms with Crippen LogP contribution < -0.4 is 16.0 Å². The van der Waals surface area contributed by atoms with Gasteiger partial charge in [0.2, 0.25) is 17.7 Å². The standard InChI is InChI=1S/C19H24O5.C18H31NO4.C17H29NO4.C16H27NO4/c1-3-10-19(22)11-9-15(16(12-19)17(20)23-2)18(21)24-13-14-7-5-4-6-8-14;1-3-4-5-8-16(20)19-15-9-11-18(10-6-7-12-23-18)13-14(15)17(21)22-2;1-3-4-5-7-15(19)18-14-8-10-17(9-6-11-22-17)12-13(14)16(20)21-2;1-3-4-5-6-14(18)17-13-7-8-16(9-10-21-16)11-12(13)15(19)20-2/h3-8,15-16,22H,1,9-13H2,2H3;14-15H,3-13H2,1-2H3,(H,19,20);13-14H,3-12H2,1-2H3,(H,18,19);12-13H,3-11H2,1-2H3,(H,17,18)/t15-,16+,19?;14-,15+,18?;13-,14+,17?;12-,13+,16?/m1000/s1. The molecule has 3 spiro atoms. The number of hydrogen-bond acceptors (Lipinski definition) is 17. The highest BCUT2D eigenvalue weighted by molar-refractivity contribution is 5.83. The Bertz CT molecular complexity index is 2410. The van der Waals surface area contributed by atoms with Crippen molar-refractivity contribution in [3.8, 4) is 0 Å². The van der Waals surface area contributed by atoms with Gasteiger partial charge in [-0.25, -0.2) is 0 Å². The largest absolute Gasteiger partial charge is 0.469 e. The number of nitrogens with one attached hydrogen (secondary N) is 3. The Morgan fingerprint density at radius 3 is 1.26 bits per heavy atom. The number of unbranched alkanes of at least 4 members (excludes halogenated alkanes) is 6. The topological polar surface area (TPSA) is 267 Å². The van der Waals surface area contributed by atoms with Crippen molar-refractivity contribution >= 4 is 47.6 Å². The minimum Gasteiger partial charge on any atom is -0.469 e. The van der Waals surface area contributed by atoms with E-state index in [2.05, 4.69) is 43.3 Å². The molecule has 0 bridgehead atoms. The van der Waals surface area contributed by atoms with Crippen molar-refractivity contribution in [3.63, 3.8) is 0 Å². The van der Waals surface area contributed by atoms with Crippen molar-refractivity contribution in [1.29, 1.82) is 0 Å². The zero-order chi connectivity index (χ0) is 65.6. The Balaban J connectivity index is 0.000000218. The number of amides is 3. The van der Waals surface area contributed by atoms with Crippen LogP contribution in [-0.2, 0) is 82.9 Å². The Hall–Kier alpha value is -5.44. The van der Waals surface area contributed by atoms with Gasteiger partial charge in [-0.1, -0.05) is 95.7 Å². The molecule has 7 fully saturated rings. The van der Waals surface area contributed by atoms with E-state index in [1.807, 2.05) is 30.3 Å². The van der Waals surface area contributed by atoms with Gasteiger partial charge in [0.05, 0.1) is 87.0 Å². The van der Waals surface area contributed by atoms with Crippen LogP contribution in [0.15, 0.2) is 43.0 Å². The number of esters is 5. The highest BCUT2D eigenvalue weighted by Crippen LogP contribution is 2.46. The fourth-order valence-electron chi connectivity index (χ4n) is 14.3. The molecule has 3 saturated heterocycles. The Kier molecular flexibility index (Phi) is 32.2. The Morgan fingerprint density at radius 2 is 0.889 bits per heavy atom. The van der Waals surface area contributed by atoms with E-state index >= 15 is 0 Å². The summed E-state index contributed by atoms with van der Waals surface area (Å²) in [6.45, 7) is 12.5. The maximum Gasteiger partial charge on any atom is 0.310 e. The van der Waals surface area contributed by atoms with Gasteiger partial charge in [0.25, 0.3) is 0 Å². The lowest BCUT2D eigenvalue weighted by Crippen LogP contribution is -2.56. The lowest BCUT2D eigenvalue weighted by Gasteiger charge is -2.49. The molecule has 1 aromatic carbocycles. The Morgan fingerprint density at radius 1 is 0.489 bits per heavy atom. The van der Waals surface area contributed by atoms with Gasteiger partial charge >= 0.3 is 29.8 Å². The van der Waals surface area contributed by atoms with Crippen LogP contribution in [0.3, 0.4) is 0 Å². The van der Waals surface area contributed by atoms with Gasteiger partial charge in [-0.05, 0) is 147 Å². The third kappa shape index (κ3) is 23.3. The molecule has 4 aliphatic carbocycles. The molecular formula is C70H111N3O17. The van der Waals surface area contributed by atoms with E-state index in [1.54, 1.807) is 6.08 Å². The molecule has 12 atom stereocenters. The van der Waals surface area contributed by atoms with Crippen LogP contribution in [0.1, 0.15) is 225 Å². The summed E-state index contributed by atoms with van der Waals surface area (Å²) in [7, 11) is 5.53. The van der Waals surface area contributed by atoms with Gasteiger partial charge in [0.1, 0.15) is 6.61 Å². The van der Waals surface area contributed by atoms with Gasteiger partial charge in [-0.15, -0.1) is 6.58 Å². The number of hydrogen-bond donors (Lipinski definition) is 4. The summed E-state index contributed by atoms with van der Waals surface area (Å²) in [5, 5.41) is 19.7. The molecule has 4 N–H and O–H groups in total. The molecule has 0 radical (unpaired) electrons. The highest BCUT2D eigenvalue weighted by atomic mass is 16.6. The molecule has 90 heavy (non-hydrogen) atoms. The number of carbonyl (C=O) groups is 8. The van der Waals surface area contributed by atoms with Gasteiger partial charge in [0, 0.05) is 50.6 Å². The summed E-state index contributed by atoms with van der Waals surface area (Å²) < 4.78 is 42.7. The number of carbonyl (C=O) groups excluding carboxylic acids is 8. The van der Waals surface area contributed by atoms with Crippen molar-refractivity contribution in [1.82, 2.24) is 16.0 Å². The normalized spacial score (nSPS) is 29.9. The molecule has 3 aliphatic heterocycles. The molecule has 4 unspecified atom stereocenters. The average molecular weight is 1270 g/mol. The molecule has 3 amide bonds. The van der Waals surface area contributed by atoms with Crippen LogP contribution in [0.5, 0.6) is 0 Å². The first-order valence-electron chi connectivity index (χ1n) is 33.9. The summed E-state index contributed by atoms with van der Waals surface area (Å²) in [4.78, 5) is 97.1. The van der Waals surface area contributed by atoms with Crippen molar-refractivity contribution in [3.05, 3.63) is 48.6 Å². The van der Waals surface area contributed by atoms with Gasteiger partial charge in [-0.2, -0.15) is 0 Å². The number of methoxy groups -OCH3 is 4. The van der Waals surface area contributed by atoms with Crippen molar-refractivity contribution in [2.75, 3.05) is 48.3 Å². The average Bonchev–Trinajstić information content (AvgIpc) is 1.27. The second-order valence-corrected chi connectivity index (χ2v) is 26.2. The summed E-state index contributed by atoms with van der Waals surface area (Å²) in [5.41, 5.74) is -0.610. The van der Waals surface area contributed by atoms with Crippen LogP contribution in [0.4, 0.5) is 0 Å². The van der Waals surface area contributed by atoms with Gasteiger partial charge in [-0.3, -0.25) is 38.4 Å². The summed E-state index contributed by atoms with van der Waals surface area (Å²) in [6, 6.07) is 9.03. The molecule has 3 heterocycles. The van der Waals surface area contributed by atoms with Gasteiger partial charge < -0.3 is 59.0 Å². The Labute approximate surface area is 536 Å². The summed E-state index contributed by atoms with van der Waals surface area (Å²) in [5.74, 6) is -3.58. The second kappa shape index (κ2) is 38.5. The smallest absolute Gasteiger partial charge is 0.310 e. The quantitative estimate of drug-likeness (QED) is 0.0324. The summed E-state index contributed by atoms with van der Waals surface area (Å²) in [6.07, 6.45) is 27.3. The zero-order valence-electron chi connectivity index (χ0n) is 55.5. The van der Waals surface area contributed by atoms with E-state index in [-0.39, 0.29) is 101 Å². The third-order valence-electron chi connectivity index (χ3n) is 19.7. The molecule has 0 aromatic heterocycles. The first-order chi connectivity index (χ1) is 43.3. The van der Waals surface area contributed by atoms with Crippen LogP contribution in [0, 0.1) is 29.6 Å². The lowest BCUT2D eigenvalue weighted by molar-refractivity contribution is -0.187. The molecule has 4 saturated carbocycles. The monoisotopic (exact) mass is 1270 g/mol. The van der Waals surface area contributed by atoms with Crippen molar-refractivity contribution < 1.29 is 81.4 Å². The fourth-order valence-corrected chi connectivity index (χ4v) is 14.3. The first kappa shape index (κ1) is 75.3. The molecule has 1 aromatic rings. The molecular weight excluding hydrogens is 1150 g/mol. The highest BCUT2D eigenvalue weighted by Gasteiger charge is 2.51. The zero-order valence-corrected chi connectivity index (χ0v) is 55.5.